The van der Waals surface area contributed by atoms with Crippen molar-refractivity contribution < 1.29 is 14.5 Å². The van der Waals surface area contributed by atoms with Crippen LogP contribution in [-0.4, -0.2) is 23.0 Å². The van der Waals surface area contributed by atoms with Crippen LogP contribution in [0.5, 0.6) is 0 Å². The van der Waals surface area contributed by atoms with Crippen LogP contribution in [0.4, 0.5) is 5.69 Å². The summed E-state index contributed by atoms with van der Waals surface area (Å²) in [6.45, 7) is 0. The minimum Gasteiger partial charge on any atom is -0.465 e. The van der Waals surface area contributed by atoms with Gasteiger partial charge in [0.25, 0.3) is 0 Å². The highest BCUT2D eigenvalue weighted by Crippen LogP contribution is 2.37. The van der Waals surface area contributed by atoms with Crippen LogP contribution in [0.2, 0.25) is 15.3 Å². The van der Waals surface area contributed by atoms with E-state index in [9.17, 15) is 14.9 Å². The van der Waals surface area contributed by atoms with Crippen LogP contribution in [0.15, 0.2) is 0 Å². The number of methoxy groups -OCH3 is 1. The van der Waals surface area contributed by atoms with Crippen LogP contribution in [0.25, 0.3) is 0 Å². The van der Waals surface area contributed by atoms with Gasteiger partial charge >= 0.3 is 11.7 Å². The molecule has 0 atom stereocenters. The average molecular weight is 285 g/mol. The Balaban J connectivity index is 3.57. The van der Waals surface area contributed by atoms with Crippen LogP contribution in [0, 0.1) is 10.1 Å². The van der Waals surface area contributed by atoms with Gasteiger partial charge in [0.05, 0.1) is 12.0 Å². The smallest absolute Gasteiger partial charge is 0.342 e. The third-order valence-electron chi connectivity index (χ3n) is 1.60. The molecule has 0 amide bonds. The first kappa shape index (κ1) is 13.0. The van der Waals surface area contributed by atoms with Crippen LogP contribution < -0.4 is 0 Å². The third-order valence-corrected chi connectivity index (χ3v) is 2.50. The molecule has 1 aromatic rings. The second-order valence-electron chi connectivity index (χ2n) is 2.48. The number of aromatic nitrogens is 1. The fourth-order valence-electron chi connectivity index (χ4n) is 0.926. The summed E-state index contributed by atoms with van der Waals surface area (Å²) in [5.41, 5.74) is -1.07. The molecule has 0 bridgehead atoms. The quantitative estimate of drug-likeness (QED) is 0.361. The SMILES string of the molecule is COC(=O)c1c(Cl)nc(Cl)c([N+](=O)[O-])c1Cl. The van der Waals surface area contributed by atoms with E-state index in [0.29, 0.717) is 0 Å². The summed E-state index contributed by atoms with van der Waals surface area (Å²) in [6.07, 6.45) is 0. The number of carbonyl (C=O) groups is 1. The molecule has 86 valence electrons. The maximum atomic E-state index is 11.2. The van der Waals surface area contributed by atoms with Gasteiger partial charge in [-0.15, -0.1) is 0 Å². The predicted octanol–water partition coefficient (Wildman–Crippen LogP) is 2.74. The first-order valence-corrected chi connectivity index (χ1v) is 4.80. The number of nitrogens with zero attached hydrogens (tertiary/aromatic N) is 2. The van der Waals surface area contributed by atoms with E-state index in [0.717, 1.165) is 7.11 Å². The molecule has 1 rings (SSSR count). The summed E-state index contributed by atoms with van der Waals surface area (Å²) in [4.78, 5) is 24.4. The van der Waals surface area contributed by atoms with E-state index < -0.39 is 26.8 Å². The van der Waals surface area contributed by atoms with E-state index in [4.69, 9.17) is 34.8 Å². The lowest BCUT2D eigenvalue weighted by atomic mass is 10.2. The number of nitro groups is 1. The van der Waals surface area contributed by atoms with Crippen molar-refractivity contribution >= 4 is 46.5 Å². The van der Waals surface area contributed by atoms with Crippen molar-refractivity contribution in [3.8, 4) is 0 Å². The molecule has 16 heavy (non-hydrogen) atoms. The van der Waals surface area contributed by atoms with Crippen molar-refractivity contribution in [3.63, 3.8) is 0 Å². The van der Waals surface area contributed by atoms with Gasteiger partial charge in [-0.1, -0.05) is 34.8 Å². The van der Waals surface area contributed by atoms with Gasteiger partial charge in [0.1, 0.15) is 15.7 Å². The molecule has 0 aliphatic carbocycles. The first-order valence-electron chi connectivity index (χ1n) is 3.67. The first-order chi connectivity index (χ1) is 7.40. The molecule has 0 aliphatic rings. The highest BCUT2D eigenvalue weighted by Gasteiger charge is 2.29. The summed E-state index contributed by atoms with van der Waals surface area (Å²) < 4.78 is 4.36. The predicted molar refractivity (Wildman–Crippen MR) is 57.3 cm³/mol. The van der Waals surface area contributed by atoms with E-state index in [1.54, 1.807) is 0 Å². The van der Waals surface area contributed by atoms with Gasteiger partial charge in [-0.2, -0.15) is 0 Å². The van der Waals surface area contributed by atoms with Gasteiger partial charge in [-0.25, -0.2) is 9.78 Å². The molecule has 1 heterocycles. The number of halogens is 3. The zero-order valence-corrected chi connectivity index (χ0v) is 9.93. The topological polar surface area (TPSA) is 82.3 Å². The van der Waals surface area contributed by atoms with Crippen LogP contribution >= 0.6 is 34.8 Å². The second kappa shape index (κ2) is 4.82. The van der Waals surface area contributed by atoms with E-state index >= 15 is 0 Å². The maximum Gasteiger partial charge on any atom is 0.342 e. The summed E-state index contributed by atoms with van der Waals surface area (Å²) in [5.74, 6) is -0.928. The largest absolute Gasteiger partial charge is 0.465 e. The van der Waals surface area contributed by atoms with E-state index in [2.05, 4.69) is 9.72 Å². The molecular weight excluding hydrogens is 282 g/mol. The third kappa shape index (κ3) is 2.18. The highest BCUT2D eigenvalue weighted by atomic mass is 35.5. The molecule has 0 aromatic carbocycles. The summed E-state index contributed by atoms with van der Waals surface area (Å²) in [5, 5.41) is 9.27. The maximum absolute atomic E-state index is 11.2. The van der Waals surface area contributed by atoms with Gasteiger partial charge in [0.15, 0.2) is 0 Å². The second-order valence-corrected chi connectivity index (χ2v) is 3.57. The number of rotatable bonds is 2. The molecule has 0 unspecified atom stereocenters. The monoisotopic (exact) mass is 284 g/mol. The van der Waals surface area contributed by atoms with Crippen molar-refractivity contribution in [1.29, 1.82) is 0 Å². The number of pyridine rings is 1. The molecule has 0 N–H and O–H groups in total. The molecule has 0 fully saturated rings. The Hall–Kier alpha value is -1.11. The van der Waals surface area contributed by atoms with Crippen molar-refractivity contribution in [3.05, 3.63) is 31.0 Å². The Morgan fingerprint density at radius 1 is 1.38 bits per heavy atom. The lowest BCUT2D eigenvalue weighted by Gasteiger charge is -2.05. The molecule has 0 saturated heterocycles. The molecule has 0 aliphatic heterocycles. The molecule has 0 saturated carbocycles. The number of ether oxygens (including phenoxy) is 1. The van der Waals surface area contributed by atoms with Gasteiger partial charge < -0.3 is 4.74 Å². The Kier molecular flexibility index (Phi) is 3.90. The Bertz CT molecular complexity index is 477. The van der Waals surface area contributed by atoms with Crippen LogP contribution in [0.3, 0.4) is 0 Å². The molecule has 0 spiro atoms. The van der Waals surface area contributed by atoms with Crippen molar-refractivity contribution in [2.75, 3.05) is 7.11 Å². The minimum atomic E-state index is -0.928. The lowest BCUT2D eigenvalue weighted by Crippen LogP contribution is -2.07. The molecule has 9 heteroatoms. The van der Waals surface area contributed by atoms with E-state index in [-0.39, 0.29) is 10.7 Å². The van der Waals surface area contributed by atoms with E-state index in [1.165, 1.54) is 0 Å². The number of carbonyl (C=O) groups excluding carboxylic acids is 1. The van der Waals surface area contributed by atoms with Crippen molar-refractivity contribution in [2.45, 2.75) is 0 Å². The number of hydrogen-bond acceptors (Lipinski definition) is 5. The number of hydrogen-bond donors (Lipinski definition) is 0. The molecule has 0 radical (unpaired) electrons. The molecule has 6 nitrogen and oxygen atoms in total. The summed E-state index contributed by atoms with van der Waals surface area (Å²) >= 11 is 16.7. The van der Waals surface area contributed by atoms with Gasteiger partial charge in [0, 0.05) is 0 Å². The number of esters is 1. The standard InChI is InChI=1S/C7H3Cl3N2O4/c1-16-7(13)2-3(8)4(12(14)15)6(10)11-5(2)9/h1H3. The highest BCUT2D eigenvalue weighted by molar-refractivity contribution is 6.42. The van der Waals surface area contributed by atoms with Crippen molar-refractivity contribution in [2.24, 2.45) is 0 Å². The molecule has 1 aromatic heterocycles. The zero-order chi connectivity index (χ0) is 12.5. The Morgan fingerprint density at radius 2 is 1.94 bits per heavy atom. The van der Waals surface area contributed by atoms with Gasteiger partial charge in [0.2, 0.25) is 5.15 Å². The fraction of sp³-hybridized carbons (Fsp3) is 0.143. The van der Waals surface area contributed by atoms with Crippen LogP contribution in [-0.2, 0) is 4.74 Å². The fourth-order valence-corrected chi connectivity index (χ4v) is 1.90. The molecular formula is C7H3Cl3N2O4. The van der Waals surface area contributed by atoms with Crippen molar-refractivity contribution in [1.82, 2.24) is 4.98 Å². The zero-order valence-electron chi connectivity index (χ0n) is 7.66. The lowest BCUT2D eigenvalue weighted by molar-refractivity contribution is -0.384. The van der Waals surface area contributed by atoms with Gasteiger partial charge in [-0.05, 0) is 0 Å². The summed E-state index contributed by atoms with van der Waals surface area (Å²) in [6, 6.07) is 0. The summed E-state index contributed by atoms with van der Waals surface area (Å²) in [7, 11) is 1.08. The Morgan fingerprint density at radius 3 is 2.38 bits per heavy atom. The minimum absolute atomic E-state index is 0.354. The van der Waals surface area contributed by atoms with Crippen LogP contribution in [0.1, 0.15) is 10.4 Å². The average Bonchev–Trinajstić information content (AvgIpc) is 2.15. The van der Waals surface area contributed by atoms with Gasteiger partial charge in [-0.3, -0.25) is 10.1 Å². The normalized spacial score (nSPS) is 10.0. The Labute approximate surface area is 104 Å². The van der Waals surface area contributed by atoms with E-state index in [1.807, 2.05) is 0 Å².